The molecule has 1 heterocycles. The van der Waals surface area contributed by atoms with Crippen molar-refractivity contribution in [3.8, 4) is 0 Å². The molecule has 1 aliphatic heterocycles. The van der Waals surface area contributed by atoms with E-state index >= 15 is 0 Å². The van der Waals surface area contributed by atoms with Gasteiger partial charge in [-0.3, -0.25) is 9.59 Å². The lowest BCUT2D eigenvalue weighted by molar-refractivity contribution is -0.120. The fraction of sp³-hybridized carbons (Fsp3) is 0.154. The van der Waals surface area contributed by atoms with Gasteiger partial charge in [0.2, 0.25) is 0 Å². The maximum Gasteiger partial charge on any atom is 0.282 e. The maximum absolute atomic E-state index is 13.6. The molecule has 0 unspecified atom stereocenters. The molecule has 3 aromatic carbocycles. The van der Waals surface area contributed by atoms with Crippen LogP contribution in [0.2, 0.25) is 5.02 Å². The van der Waals surface area contributed by atoms with Gasteiger partial charge in [0, 0.05) is 10.7 Å². The van der Waals surface area contributed by atoms with Crippen molar-refractivity contribution in [3.63, 3.8) is 0 Å². The minimum absolute atomic E-state index is 0.263. The highest BCUT2D eigenvalue weighted by Gasteiger charge is 2.40. The van der Waals surface area contributed by atoms with Crippen molar-refractivity contribution >= 4 is 40.4 Å². The molecule has 0 bridgehead atoms. The van der Waals surface area contributed by atoms with E-state index in [1.807, 2.05) is 70.2 Å². The SMILES string of the molecule is Cc1cccc(NC2=C(c3ccc(C)cc3C)C(=O)N(c3ccc(C)c(Cl)c3)C2=O)c1. The number of rotatable bonds is 4. The summed E-state index contributed by atoms with van der Waals surface area (Å²) >= 11 is 6.29. The van der Waals surface area contributed by atoms with Crippen molar-refractivity contribution in [1.29, 1.82) is 0 Å². The van der Waals surface area contributed by atoms with E-state index in [0.717, 1.165) is 33.5 Å². The summed E-state index contributed by atoms with van der Waals surface area (Å²) in [6.07, 6.45) is 0. The molecule has 4 nitrogen and oxygen atoms in total. The van der Waals surface area contributed by atoms with Gasteiger partial charge in [-0.15, -0.1) is 0 Å². The van der Waals surface area contributed by atoms with Crippen molar-refractivity contribution in [2.75, 3.05) is 10.2 Å². The van der Waals surface area contributed by atoms with Gasteiger partial charge in [0.1, 0.15) is 5.70 Å². The van der Waals surface area contributed by atoms with Crippen LogP contribution in [0.15, 0.2) is 66.4 Å². The van der Waals surface area contributed by atoms with Crippen LogP contribution in [0, 0.1) is 27.7 Å². The van der Waals surface area contributed by atoms with Crippen LogP contribution in [0.1, 0.15) is 27.8 Å². The summed E-state index contributed by atoms with van der Waals surface area (Å²) < 4.78 is 0. The van der Waals surface area contributed by atoms with Gasteiger partial charge in [-0.1, -0.05) is 53.6 Å². The Labute approximate surface area is 187 Å². The first-order valence-corrected chi connectivity index (χ1v) is 10.4. The van der Waals surface area contributed by atoms with Gasteiger partial charge >= 0.3 is 0 Å². The number of aryl methyl sites for hydroxylation is 4. The average molecular weight is 431 g/mol. The zero-order chi connectivity index (χ0) is 22.3. The van der Waals surface area contributed by atoms with E-state index in [2.05, 4.69) is 5.32 Å². The Morgan fingerprint density at radius 3 is 2.19 bits per heavy atom. The highest BCUT2D eigenvalue weighted by molar-refractivity contribution is 6.46. The van der Waals surface area contributed by atoms with E-state index < -0.39 is 5.91 Å². The monoisotopic (exact) mass is 430 g/mol. The first-order chi connectivity index (χ1) is 14.8. The Morgan fingerprint density at radius 2 is 1.52 bits per heavy atom. The fourth-order valence-corrected chi connectivity index (χ4v) is 3.99. The van der Waals surface area contributed by atoms with Gasteiger partial charge in [0.15, 0.2) is 0 Å². The van der Waals surface area contributed by atoms with Crippen LogP contribution in [-0.4, -0.2) is 11.8 Å². The molecule has 0 saturated carbocycles. The number of benzene rings is 3. The third kappa shape index (κ3) is 3.87. The highest BCUT2D eigenvalue weighted by Crippen LogP contribution is 2.36. The number of imide groups is 1. The van der Waals surface area contributed by atoms with Crippen LogP contribution in [0.3, 0.4) is 0 Å². The topological polar surface area (TPSA) is 49.4 Å². The second-order valence-electron chi connectivity index (χ2n) is 7.94. The Balaban J connectivity index is 1.87. The number of carbonyl (C=O) groups excluding carboxylic acids is 2. The molecule has 3 aromatic rings. The van der Waals surface area contributed by atoms with E-state index in [1.165, 1.54) is 4.90 Å². The molecule has 0 saturated heterocycles. The molecule has 31 heavy (non-hydrogen) atoms. The van der Waals surface area contributed by atoms with E-state index in [1.54, 1.807) is 18.2 Å². The molecule has 0 radical (unpaired) electrons. The van der Waals surface area contributed by atoms with Gasteiger partial charge in [-0.05, 0) is 74.2 Å². The van der Waals surface area contributed by atoms with Crippen LogP contribution in [0.25, 0.3) is 5.57 Å². The normalized spacial score (nSPS) is 13.9. The largest absolute Gasteiger partial charge is 0.350 e. The highest BCUT2D eigenvalue weighted by atomic mass is 35.5. The maximum atomic E-state index is 13.6. The molecule has 0 aromatic heterocycles. The molecule has 1 aliphatic rings. The van der Waals surface area contributed by atoms with Crippen LogP contribution < -0.4 is 10.2 Å². The minimum atomic E-state index is -0.401. The molecule has 4 rings (SSSR count). The zero-order valence-electron chi connectivity index (χ0n) is 17.9. The zero-order valence-corrected chi connectivity index (χ0v) is 18.7. The predicted molar refractivity (Wildman–Crippen MR) is 126 cm³/mol. The summed E-state index contributed by atoms with van der Waals surface area (Å²) in [6.45, 7) is 7.80. The second kappa shape index (κ2) is 8.05. The van der Waals surface area contributed by atoms with E-state index in [4.69, 9.17) is 11.6 Å². The summed E-state index contributed by atoms with van der Waals surface area (Å²) in [7, 11) is 0. The lowest BCUT2D eigenvalue weighted by atomic mass is 9.97. The third-order valence-electron chi connectivity index (χ3n) is 5.44. The lowest BCUT2D eigenvalue weighted by Gasteiger charge is -2.16. The predicted octanol–water partition coefficient (Wildman–Crippen LogP) is 5.97. The minimum Gasteiger partial charge on any atom is -0.350 e. The average Bonchev–Trinajstić information content (AvgIpc) is 2.94. The number of hydrogen-bond acceptors (Lipinski definition) is 3. The van der Waals surface area contributed by atoms with Crippen molar-refractivity contribution in [1.82, 2.24) is 0 Å². The van der Waals surface area contributed by atoms with Crippen LogP contribution >= 0.6 is 11.6 Å². The quantitative estimate of drug-likeness (QED) is 0.518. The molecule has 5 heteroatoms. The van der Waals surface area contributed by atoms with Crippen molar-refractivity contribution in [2.45, 2.75) is 27.7 Å². The van der Waals surface area contributed by atoms with Crippen LogP contribution in [0.5, 0.6) is 0 Å². The molecule has 0 fully saturated rings. The summed E-state index contributed by atoms with van der Waals surface area (Å²) in [6, 6.07) is 18.8. The second-order valence-corrected chi connectivity index (χ2v) is 8.35. The molecule has 156 valence electrons. The molecule has 0 atom stereocenters. The Kier molecular flexibility index (Phi) is 5.42. The van der Waals surface area contributed by atoms with Crippen molar-refractivity contribution in [2.24, 2.45) is 0 Å². The number of carbonyl (C=O) groups is 2. The van der Waals surface area contributed by atoms with Crippen molar-refractivity contribution in [3.05, 3.63) is 99.2 Å². The summed E-state index contributed by atoms with van der Waals surface area (Å²) in [4.78, 5) is 28.3. The van der Waals surface area contributed by atoms with Gasteiger partial charge < -0.3 is 5.32 Å². The summed E-state index contributed by atoms with van der Waals surface area (Å²) in [5.41, 5.74) is 6.52. The number of nitrogens with one attached hydrogen (secondary N) is 1. The van der Waals surface area contributed by atoms with Crippen molar-refractivity contribution < 1.29 is 9.59 Å². The van der Waals surface area contributed by atoms with Crippen LogP contribution in [-0.2, 0) is 9.59 Å². The van der Waals surface area contributed by atoms with E-state index in [9.17, 15) is 9.59 Å². The fourth-order valence-electron chi connectivity index (χ4n) is 3.81. The van der Waals surface area contributed by atoms with E-state index in [-0.39, 0.29) is 11.6 Å². The number of amides is 2. The molecular formula is C26H23ClN2O2. The first kappa shape index (κ1) is 20.9. The Morgan fingerprint density at radius 1 is 0.774 bits per heavy atom. The third-order valence-corrected chi connectivity index (χ3v) is 5.84. The first-order valence-electron chi connectivity index (χ1n) is 10.1. The summed E-state index contributed by atoms with van der Waals surface area (Å²) in [5.74, 6) is -0.770. The van der Waals surface area contributed by atoms with E-state index in [0.29, 0.717) is 16.3 Å². The smallest absolute Gasteiger partial charge is 0.282 e. The number of hydrogen-bond donors (Lipinski definition) is 1. The molecule has 2 amide bonds. The number of nitrogens with zero attached hydrogens (tertiary/aromatic N) is 1. The van der Waals surface area contributed by atoms with Crippen LogP contribution in [0.4, 0.5) is 11.4 Å². The van der Waals surface area contributed by atoms with Gasteiger partial charge in [0.05, 0.1) is 11.3 Å². The standard InChI is InChI=1S/C26H23ClN2O2/c1-15-6-5-7-19(13-15)28-24-23(21-11-8-16(2)12-18(21)4)25(30)29(26(24)31)20-10-9-17(3)22(27)14-20/h5-14,28H,1-4H3. The van der Waals surface area contributed by atoms with Gasteiger partial charge in [0.25, 0.3) is 11.8 Å². The Bertz CT molecular complexity index is 1260. The number of anilines is 2. The number of halogens is 1. The van der Waals surface area contributed by atoms with Gasteiger partial charge in [-0.2, -0.15) is 0 Å². The molecule has 1 N–H and O–H groups in total. The molecule has 0 aliphatic carbocycles. The molecule has 0 spiro atoms. The summed E-state index contributed by atoms with van der Waals surface area (Å²) in [5, 5.41) is 3.72. The van der Waals surface area contributed by atoms with Gasteiger partial charge in [-0.25, -0.2) is 4.90 Å². The Hall–Kier alpha value is -3.37. The lowest BCUT2D eigenvalue weighted by Crippen LogP contribution is -2.32. The molecular weight excluding hydrogens is 408 g/mol.